The Balaban J connectivity index is 2.71. The molecule has 1 aromatic heterocycles. The smallest absolute Gasteiger partial charge is 0.221 e. The Labute approximate surface area is 109 Å². The Morgan fingerprint density at radius 2 is 2.11 bits per heavy atom. The van der Waals surface area contributed by atoms with Gasteiger partial charge in [-0.25, -0.2) is 4.98 Å². The van der Waals surface area contributed by atoms with Crippen molar-refractivity contribution in [3.05, 3.63) is 24.0 Å². The highest BCUT2D eigenvalue weighted by Gasteiger charge is 2.09. The van der Waals surface area contributed by atoms with E-state index in [2.05, 4.69) is 28.8 Å². The molecule has 0 aliphatic rings. The molecule has 0 atom stereocenters. The summed E-state index contributed by atoms with van der Waals surface area (Å²) in [7, 11) is 0. The van der Waals surface area contributed by atoms with Crippen LogP contribution in [0.2, 0.25) is 0 Å². The fourth-order valence-corrected chi connectivity index (χ4v) is 1.56. The number of anilines is 1. The third kappa shape index (κ3) is 4.35. The second kappa shape index (κ2) is 7.69. The van der Waals surface area contributed by atoms with Crippen LogP contribution in [0.1, 0.15) is 37.6 Å². The van der Waals surface area contributed by atoms with Gasteiger partial charge >= 0.3 is 0 Å². The summed E-state index contributed by atoms with van der Waals surface area (Å²) in [6.45, 7) is 11.3. The van der Waals surface area contributed by atoms with E-state index in [4.69, 9.17) is 4.74 Å². The van der Waals surface area contributed by atoms with Crippen LogP contribution in [0.3, 0.4) is 0 Å². The molecule has 0 saturated heterocycles. The molecule has 0 amide bonds. The van der Waals surface area contributed by atoms with Crippen LogP contribution in [0.5, 0.6) is 5.88 Å². The van der Waals surface area contributed by atoms with E-state index in [-0.39, 0.29) is 0 Å². The zero-order valence-corrected chi connectivity index (χ0v) is 11.6. The van der Waals surface area contributed by atoms with Crippen LogP contribution in [-0.2, 0) is 0 Å². The highest BCUT2D eigenvalue weighted by Crippen LogP contribution is 2.22. The Hall–Kier alpha value is -1.58. The lowest BCUT2D eigenvalue weighted by molar-refractivity contribution is 0.297. The highest BCUT2D eigenvalue weighted by molar-refractivity contribution is 5.48. The van der Waals surface area contributed by atoms with E-state index in [1.54, 1.807) is 0 Å². The summed E-state index contributed by atoms with van der Waals surface area (Å²) >= 11 is 0. The number of nitrogens with zero attached hydrogens (tertiary/aromatic N) is 2. The van der Waals surface area contributed by atoms with Gasteiger partial charge < -0.3 is 10.1 Å². The minimum atomic E-state index is 0.663. The highest BCUT2D eigenvalue weighted by atomic mass is 16.5. The third-order valence-electron chi connectivity index (χ3n) is 2.55. The molecule has 0 saturated carbocycles. The van der Waals surface area contributed by atoms with Crippen molar-refractivity contribution in [2.24, 2.45) is 0 Å². The summed E-state index contributed by atoms with van der Waals surface area (Å²) in [6.07, 6.45) is 4.89. The van der Waals surface area contributed by atoms with Gasteiger partial charge in [0.1, 0.15) is 11.6 Å². The van der Waals surface area contributed by atoms with E-state index >= 15 is 0 Å². The molecule has 0 aliphatic heterocycles. The first kappa shape index (κ1) is 14.5. The van der Waals surface area contributed by atoms with Crippen LogP contribution in [0.25, 0.3) is 0 Å². The number of aryl methyl sites for hydroxylation is 1. The third-order valence-corrected chi connectivity index (χ3v) is 2.55. The van der Waals surface area contributed by atoms with Crippen LogP contribution >= 0.6 is 0 Å². The van der Waals surface area contributed by atoms with E-state index in [0.717, 1.165) is 43.0 Å². The Kier molecular flexibility index (Phi) is 6.19. The van der Waals surface area contributed by atoms with Crippen LogP contribution in [-0.4, -0.2) is 23.1 Å². The number of aromatic nitrogens is 2. The summed E-state index contributed by atoms with van der Waals surface area (Å²) < 4.78 is 5.70. The standard InChI is InChI=1S/C14H23N3O/c1-5-7-8-10-18-14-11(3)13(15-9-6-2)16-12(4)17-14/h5H,1,6-10H2,2-4H3,(H,15,16,17). The van der Waals surface area contributed by atoms with Gasteiger partial charge in [0, 0.05) is 6.54 Å². The van der Waals surface area contributed by atoms with Gasteiger partial charge in [-0.1, -0.05) is 13.0 Å². The molecule has 1 rings (SSSR count). The van der Waals surface area contributed by atoms with Crippen LogP contribution < -0.4 is 10.1 Å². The summed E-state index contributed by atoms with van der Waals surface area (Å²) in [4.78, 5) is 8.74. The molecule has 0 unspecified atom stereocenters. The van der Waals surface area contributed by atoms with Crippen LogP contribution in [0.4, 0.5) is 5.82 Å². The van der Waals surface area contributed by atoms with Crippen molar-refractivity contribution >= 4 is 5.82 Å². The van der Waals surface area contributed by atoms with Crippen molar-refractivity contribution in [2.75, 3.05) is 18.5 Å². The molecule has 0 aliphatic carbocycles. The van der Waals surface area contributed by atoms with Crippen molar-refractivity contribution in [3.63, 3.8) is 0 Å². The number of hydrogen-bond donors (Lipinski definition) is 1. The van der Waals surface area contributed by atoms with Gasteiger partial charge in [0.25, 0.3) is 0 Å². The van der Waals surface area contributed by atoms with Gasteiger partial charge in [-0.15, -0.1) is 6.58 Å². The molecule has 1 heterocycles. The summed E-state index contributed by atoms with van der Waals surface area (Å²) in [5, 5.41) is 3.30. The van der Waals surface area contributed by atoms with E-state index in [9.17, 15) is 0 Å². The van der Waals surface area contributed by atoms with Crippen molar-refractivity contribution in [2.45, 2.75) is 40.0 Å². The molecular weight excluding hydrogens is 226 g/mol. The molecule has 100 valence electrons. The average Bonchev–Trinajstić information content (AvgIpc) is 2.36. The molecule has 4 nitrogen and oxygen atoms in total. The molecule has 1 aromatic rings. The molecular formula is C14H23N3O. The van der Waals surface area contributed by atoms with Gasteiger partial charge in [-0.05, 0) is 33.1 Å². The Morgan fingerprint density at radius 3 is 2.78 bits per heavy atom. The molecule has 0 spiro atoms. The van der Waals surface area contributed by atoms with Gasteiger partial charge in [0.15, 0.2) is 0 Å². The first-order chi connectivity index (χ1) is 8.69. The quantitative estimate of drug-likeness (QED) is 0.567. The fourth-order valence-electron chi connectivity index (χ4n) is 1.56. The number of rotatable bonds is 8. The number of ether oxygens (including phenoxy) is 1. The minimum absolute atomic E-state index is 0.663. The van der Waals surface area contributed by atoms with Crippen LogP contribution in [0.15, 0.2) is 12.7 Å². The molecule has 0 bridgehead atoms. The Bertz CT molecular complexity index is 391. The number of hydrogen-bond acceptors (Lipinski definition) is 4. The van der Waals surface area contributed by atoms with E-state index < -0.39 is 0 Å². The summed E-state index contributed by atoms with van der Waals surface area (Å²) in [5.74, 6) is 2.30. The summed E-state index contributed by atoms with van der Waals surface area (Å²) in [5.41, 5.74) is 0.979. The number of nitrogens with one attached hydrogen (secondary N) is 1. The lowest BCUT2D eigenvalue weighted by Crippen LogP contribution is -2.09. The first-order valence-electron chi connectivity index (χ1n) is 6.51. The summed E-state index contributed by atoms with van der Waals surface area (Å²) in [6, 6.07) is 0. The molecule has 4 heteroatoms. The molecule has 0 fully saturated rings. The van der Waals surface area contributed by atoms with Crippen molar-refractivity contribution < 1.29 is 4.74 Å². The maximum Gasteiger partial charge on any atom is 0.221 e. The molecule has 1 N–H and O–H groups in total. The maximum absolute atomic E-state index is 5.70. The predicted octanol–water partition coefficient (Wildman–Crippen LogP) is 3.26. The topological polar surface area (TPSA) is 47.0 Å². The second-order valence-corrected chi connectivity index (χ2v) is 4.26. The lowest BCUT2D eigenvalue weighted by atomic mass is 10.3. The van der Waals surface area contributed by atoms with E-state index in [0.29, 0.717) is 12.5 Å². The molecule has 0 radical (unpaired) electrons. The average molecular weight is 249 g/mol. The number of allylic oxidation sites excluding steroid dienone is 1. The van der Waals surface area contributed by atoms with E-state index in [1.807, 2.05) is 19.9 Å². The van der Waals surface area contributed by atoms with Gasteiger partial charge in [0.2, 0.25) is 5.88 Å². The normalized spacial score (nSPS) is 10.2. The van der Waals surface area contributed by atoms with Gasteiger partial charge in [0.05, 0.1) is 12.2 Å². The van der Waals surface area contributed by atoms with Crippen molar-refractivity contribution in [3.8, 4) is 5.88 Å². The zero-order valence-electron chi connectivity index (χ0n) is 11.6. The van der Waals surface area contributed by atoms with Crippen LogP contribution in [0, 0.1) is 13.8 Å². The second-order valence-electron chi connectivity index (χ2n) is 4.26. The molecule has 0 aromatic carbocycles. The fraction of sp³-hybridized carbons (Fsp3) is 0.571. The largest absolute Gasteiger partial charge is 0.477 e. The van der Waals surface area contributed by atoms with Crippen molar-refractivity contribution in [1.29, 1.82) is 0 Å². The lowest BCUT2D eigenvalue weighted by Gasteiger charge is -2.13. The zero-order chi connectivity index (χ0) is 13.4. The number of unbranched alkanes of at least 4 members (excludes halogenated alkanes) is 1. The van der Waals surface area contributed by atoms with Gasteiger partial charge in [-0.3, -0.25) is 0 Å². The SMILES string of the molecule is C=CCCCOc1nc(C)nc(NCCC)c1C. The van der Waals surface area contributed by atoms with Gasteiger partial charge in [-0.2, -0.15) is 4.98 Å². The Morgan fingerprint density at radius 1 is 1.33 bits per heavy atom. The van der Waals surface area contributed by atoms with E-state index in [1.165, 1.54) is 0 Å². The predicted molar refractivity (Wildman–Crippen MR) is 75.2 cm³/mol. The minimum Gasteiger partial charge on any atom is -0.477 e. The van der Waals surface area contributed by atoms with Crippen molar-refractivity contribution in [1.82, 2.24) is 9.97 Å². The molecule has 18 heavy (non-hydrogen) atoms. The maximum atomic E-state index is 5.70. The monoisotopic (exact) mass is 249 g/mol. The first-order valence-corrected chi connectivity index (χ1v) is 6.51.